The van der Waals surface area contributed by atoms with Crippen molar-refractivity contribution in [3.63, 3.8) is 0 Å². The topological polar surface area (TPSA) is 0 Å². The molecule has 16 heavy (non-hydrogen) atoms. The molecule has 0 bridgehead atoms. The van der Waals surface area contributed by atoms with E-state index in [1.807, 2.05) is 12.1 Å². The van der Waals surface area contributed by atoms with Crippen LogP contribution in [0.2, 0.25) is 0 Å². The highest BCUT2D eigenvalue weighted by Gasteiger charge is 2.19. The van der Waals surface area contributed by atoms with Crippen molar-refractivity contribution in [2.24, 2.45) is 0 Å². The van der Waals surface area contributed by atoms with Crippen LogP contribution in [0.1, 0.15) is 0 Å². The van der Waals surface area contributed by atoms with Crippen molar-refractivity contribution in [1.82, 2.24) is 0 Å². The van der Waals surface area contributed by atoms with Gasteiger partial charge in [-0.25, -0.2) is 0 Å². The maximum Gasteiger partial charge on any atom is -0.00197 e. The average Bonchev–Trinajstić information content (AvgIpc) is 2.68. The van der Waals surface area contributed by atoms with E-state index in [0.29, 0.717) is 0 Å². The minimum absolute atomic E-state index is 1.16. The van der Waals surface area contributed by atoms with E-state index < -0.39 is 0 Å². The summed E-state index contributed by atoms with van der Waals surface area (Å²) in [6, 6.07) is 23.3. The summed E-state index contributed by atoms with van der Waals surface area (Å²) in [5.41, 5.74) is 5.27. The number of hydrogen-bond acceptors (Lipinski definition) is 0. The van der Waals surface area contributed by atoms with Gasteiger partial charge in [0.1, 0.15) is 0 Å². The highest BCUT2D eigenvalue weighted by molar-refractivity contribution is 6.14. The van der Waals surface area contributed by atoms with E-state index in [2.05, 4.69) is 48.5 Å². The molecule has 3 aromatic carbocycles. The summed E-state index contributed by atoms with van der Waals surface area (Å²) in [4.78, 5) is 0. The van der Waals surface area contributed by atoms with Crippen molar-refractivity contribution >= 4 is 10.8 Å². The van der Waals surface area contributed by atoms with Crippen LogP contribution in [0.5, 0.6) is 0 Å². The molecule has 0 amide bonds. The molecular formula is C16H8. The molecular weight excluding hydrogens is 192 g/mol. The normalized spacial score (nSPS) is 11.8. The molecule has 0 aromatic heterocycles. The van der Waals surface area contributed by atoms with Gasteiger partial charge >= 0.3 is 0 Å². The lowest BCUT2D eigenvalue weighted by molar-refractivity contribution is 1.69. The minimum atomic E-state index is 1.16. The van der Waals surface area contributed by atoms with Gasteiger partial charge in [-0.15, -0.1) is 0 Å². The largest absolute Gasteiger partial charge is 0.0616 e. The van der Waals surface area contributed by atoms with E-state index in [1.54, 1.807) is 0 Å². The second-order valence-corrected chi connectivity index (χ2v) is 4.09. The van der Waals surface area contributed by atoms with E-state index in [9.17, 15) is 0 Å². The van der Waals surface area contributed by atoms with E-state index in [1.165, 1.54) is 27.6 Å². The molecule has 1 aliphatic rings. The molecule has 0 heterocycles. The van der Waals surface area contributed by atoms with Gasteiger partial charge in [-0.05, 0) is 57.3 Å². The van der Waals surface area contributed by atoms with Gasteiger partial charge in [0, 0.05) is 0 Å². The van der Waals surface area contributed by atoms with Crippen LogP contribution in [0.15, 0.2) is 48.5 Å². The summed E-state index contributed by atoms with van der Waals surface area (Å²) in [6.45, 7) is 0. The summed E-state index contributed by atoms with van der Waals surface area (Å²) >= 11 is 0. The Hall–Kier alpha value is -2.08. The smallest absolute Gasteiger partial charge is 0.00197 e. The molecule has 2 radical (unpaired) electrons. The van der Waals surface area contributed by atoms with Crippen molar-refractivity contribution < 1.29 is 0 Å². The summed E-state index contributed by atoms with van der Waals surface area (Å²) in [5, 5.41) is 2.48. The van der Waals surface area contributed by atoms with Crippen LogP contribution >= 0.6 is 0 Å². The Kier molecular flexibility index (Phi) is 1.39. The lowest BCUT2D eigenvalue weighted by Crippen LogP contribution is -1.74. The van der Waals surface area contributed by atoms with Gasteiger partial charge in [-0.2, -0.15) is 0 Å². The molecule has 1 aliphatic carbocycles. The number of benzene rings is 3. The Balaban J connectivity index is 2.31. The highest BCUT2D eigenvalue weighted by atomic mass is 14.2. The Morgan fingerprint density at radius 1 is 0.750 bits per heavy atom. The summed E-state index contributed by atoms with van der Waals surface area (Å²) in [5.74, 6) is 0. The van der Waals surface area contributed by atoms with Gasteiger partial charge in [-0.3, -0.25) is 0 Å². The van der Waals surface area contributed by atoms with Crippen LogP contribution in [-0.4, -0.2) is 0 Å². The first-order valence-electron chi connectivity index (χ1n) is 5.39. The van der Waals surface area contributed by atoms with E-state index >= 15 is 0 Å². The molecule has 0 saturated carbocycles. The summed E-state index contributed by atoms with van der Waals surface area (Å²) in [6.07, 6.45) is 0. The van der Waals surface area contributed by atoms with Crippen LogP contribution in [-0.2, 0) is 0 Å². The third-order valence-corrected chi connectivity index (χ3v) is 3.26. The monoisotopic (exact) mass is 200 g/mol. The first kappa shape index (κ1) is 8.12. The van der Waals surface area contributed by atoms with Gasteiger partial charge in [-0.1, -0.05) is 36.4 Å². The SMILES string of the molecule is [c]1cc2c3c(cc[c]c3c1)-c1ccccc1-2. The number of fused-ring (bicyclic) bond motifs is 3. The zero-order chi connectivity index (χ0) is 10.5. The van der Waals surface area contributed by atoms with E-state index in [4.69, 9.17) is 0 Å². The lowest BCUT2D eigenvalue weighted by Gasteiger charge is -1.99. The van der Waals surface area contributed by atoms with Crippen molar-refractivity contribution in [2.75, 3.05) is 0 Å². The molecule has 0 fully saturated rings. The van der Waals surface area contributed by atoms with Gasteiger partial charge in [0.2, 0.25) is 0 Å². The Morgan fingerprint density at radius 2 is 1.56 bits per heavy atom. The van der Waals surface area contributed by atoms with Gasteiger partial charge in [0.25, 0.3) is 0 Å². The lowest BCUT2D eigenvalue weighted by atomic mass is 10.0. The first-order valence-corrected chi connectivity index (χ1v) is 5.39. The molecule has 0 N–H and O–H groups in total. The van der Waals surface area contributed by atoms with Crippen molar-refractivity contribution in [2.45, 2.75) is 0 Å². The predicted octanol–water partition coefficient (Wildman–Crippen LogP) is 4.09. The van der Waals surface area contributed by atoms with Crippen molar-refractivity contribution in [3.05, 3.63) is 60.7 Å². The molecule has 0 saturated heterocycles. The third-order valence-electron chi connectivity index (χ3n) is 3.26. The van der Waals surface area contributed by atoms with Crippen LogP contribution in [0.4, 0.5) is 0 Å². The fraction of sp³-hybridized carbons (Fsp3) is 0. The van der Waals surface area contributed by atoms with Gasteiger partial charge in [0.15, 0.2) is 0 Å². The zero-order valence-electron chi connectivity index (χ0n) is 8.62. The van der Waals surface area contributed by atoms with Crippen LogP contribution in [0.3, 0.4) is 0 Å². The molecule has 0 nitrogen and oxygen atoms in total. The van der Waals surface area contributed by atoms with Crippen LogP contribution in [0, 0.1) is 12.1 Å². The van der Waals surface area contributed by atoms with Gasteiger partial charge in [0.05, 0.1) is 0 Å². The molecule has 0 unspecified atom stereocenters. The Labute approximate surface area is 94.2 Å². The summed E-state index contributed by atoms with van der Waals surface area (Å²) < 4.78 is 0. The molecule has 0 heteroatoms. The molecule has 0 aliphatic heterocycles. The fourth-order valence-corrected chi connectivity index (χ4v) is 2.59. The maximum absolute atomic E-state index is 3.28. The third kappa shape index (κ3) is 0.849. The highest BCUT2D eigenvalue weighted by Crippen LogP contribution is 2.46. The Bertz CT molecular complexity index is 650. The average molecular weight is 200 g/mol. The Morgan fingerprint density at radius 3 is 2.44 bits per heavy atom. The quantitative estimate of drug-likeness (QED) is 0.401. The predicted molar refractivity (Wildman–Crippen MR) is 66.1 cm³/mol. The van der Waals surface area contributed by atoms with Crippen molar-refractivity contribution in [3.8, 4) is 22.3 Å². The first-order chi connectivity index (χ1) is 7.95. The van der Waals surface area contributed by atoms with Crippen molar-refractivity contribution in [1.29, 1.82) is 0 Å². The molecule has 4 rings (SSSR count). The minimum Gasteiger partial charge on any atom is -0.0616 e. The van der Waals surface area contributed by atoms with E-state index in [0.717, 1.165) is 5.39 Å². The number of hydrogen-bond donors (Lipinski definition) is 0. The second-order valence-electron chi connectivity index (χ2n) is 4.09. The maximum atomic E-state index is 3.28. The summed E-state index contributed by atoms with van der Waals surface area (Å²) in [7, 11) is 0. The molecule has 3 aromatic rings. The number of rotatable bonds is 0. The molecule has 0 spiro atoms. The van der Waals surface area contributed by atoms with Crippen LogP contribution < -0.4 is 0 Å². The van der Waals surface area contributed by atoms with E-state index in [-0.39, 0.29) is 0 Å². The van der Waals surface area contributed by atoms with Crippen LogP contribution in [0.25, 0.3) is 33.0 Å². The molecule has 0 atom stereocenters. The second kappa shape index (κ2) is 2.73. The molecule has 72 valence electrons. The zero-order valence-corrected chi connectivity index (χ0v) is 8.62. The fourth-order valence-electron chi connectivity index (χ4n) is 2.59. The standard InChI is InChI=1S/C16H8/c1-2-8-13-12(7-1)14-9-3-5-11-6-4-10-15(13)16(11)14/h1-3,6-10H. The van der Waals surface area contributed by atoms with Gasteiger partial charge < -0.3 is 0 Å².